The van der Waals surface area contributed by atoms with Crippen molar-refractivity contribution < 1.29 is 23.6 Å². The van der Waals surface area contributed by atoms with E-state index >= 15 is 0 Å². The number of Topliss-reactive ketones (excluding diaryl/α,β-unsaturated/α-hetero) is 1. The van der Waals surface area contributed by atoms with Crippen molar-refractivity contribution in [1.29, 1.82) is 0 Å². The Balaban J connectivity index is 1.88. The monoisotopic (exact) mass is 310 g/mol. The number of fused-ring (bicyclic) bond motifs is 1. The number of carbonyl (C=O) groups is 3. The molecule has 1 amide bonds. The van der Waals surface area contributed by atoms with Gasteiger partial charge in [-0.2, -0.15) is 0 Å². The van der Waals surface area contributed by atoms with Crippen molar-refractivity contribution >= 4 is 29.4 Å². The van der Waals surface area contributed by atoms with Crippen molar-refractivity contribution in [3.63, 3.8) is 0 Å². The van der Waals surface area contributed by atoms with Gasteiger partial charge < -0.3 is 14.2 Å². The van der Waals surface area contributed by atoms with Gasteiger partial charge in [0, 0.05) is 11.8 Å². The topological polar surface area (TPSA) is 89.7 Å². The molecule has 0 radical (unpaired) electrons. The van der Waals surface area contributed by atoms with Gasteiger partial charge in [0.25, 0.3) is 0 Å². The number of ketones is 1. The molecule has 2 saturated heterocycles. The van der Waals surface area contributed by atoms with Gasteiger partial charge in [-0.1, -0.05) is 5.16 Å². The Morgan fingerprint density at radius 2 is 2.33 bits per heavy atom. The van der Waals surface area contributed by atoms with Crippen LogP contribution >= 0.6 is 11.8 Å². The van der Waals surface area contributed by atoms with Gasteiger partial charge in [-0.3, -0.25) is 14.4 Å². The van der Waals surface area contributed by atoms with E-state index in [0.717, 1.165) is 0 Å². The van der Waals surface area contributed by atoms with Gasteiger partial charge in [0.15, 0.2) is 11.7 Å². The average Bonchev–Trinajstić information content (AvgIpc) is 3.09. The Bertz CT molecular complexity index is 613. The number of rotatable bonds is 3. The zero-order chi connectivity index (χ0) is 15.1. The number of aromatic nitrogens is 1. The Kier molecular flexibility index (Phi) is 3.48. The number of esters is 1. The zero-order valence-electron chi connectivity index (χ0n) is 11.6. The van der Waals surface area contributed by atoms with Crippen LogP contribution < -0.4 is 0 Å². The summed E-state index contributed by atoms with van der Waals surface area (Å²) in [7, 11) is 0. The van der Waals surface area contributed by atoms with Crippen LogP contribution in [0.3, 0.4) is 0 Å². The Morgan fingerprint density at radius 1 is 1.57 bits per heavy atom. The highest BCUT2D eigenvalue weighted by atomic mass is 32.2. The summed E-state index contributed by atoms with van der Waals surface area (Å²) in [5, 5.41) is 3.52. The number of carbonyl (C=O) groups excluding carboxylic acids is 3. The minimum absolute atomic E-state index is 0.140. The zero-order valence-corrected chi connectivity index (χ0v) is 12.4. The van der Waals surface area contributed by atoms with Gasteiger partial charge in [-0.25, -0.2) is 0 Å². The average molecular weight is 310 g/mol. The molecule has 8 heteroatoms. The van der Waals surface area contributed by atoms with Gasteiger partial charge >= 0.3 is 5.97 Å². The number of nitrogens with zero attached hydrogens (tertiary/aromatic N) is 2. The molecule has 0 bridgehead atoms. The molecule has 1 aromatic heterocycles. The van der Waals surface area contributed by atoms with E-state index in [1.807, 2.05) is 0 Å². The maximum absolute atomic E-state index is 12.4. The second kappa shape index (κ2) is 5.18. The maximum Gasteiger partial charge on any atom is 0.326 e. The predicted molar refractivity (Wildman–Crippen MR) is 72.2 cm³/mol. The van der Waals surface area contributed by atoms with Crippen LogP contribution in [0.2, 0.25) is 0 Å². The minimum atomic E-state index is -1.33. The van der Waals surface area contributed by atoms with E-state index in [-0.39, 0.29) is 17.8 Å². The van der Waals surface area contributed by atoms with Crippen LogP contribution in [-0.4, -0.2) is 46.1 Å². The Labute approximate surface area is 125 Å². The lowest BCUT2D eigenvalue weighted by atomic mass is 10.0. The molecule has 0 aromatic carbocycles. The summed E-state index contributed by atoms with van der Waals surface area (Å²) in [4.78, 5) is 38.0. The van der Waals surface area contributed by atoms with E-state index in [0.29, 0.717) is 17.2 Å². The SMILES string of the molecule is CCOC(=O)C1C(=O)[C@H]2CS[C@H](c3cc(C)on3)N2C1=O. The molecule has 7 nitrogen and oxygen atoms in total. The fraction of sp³-hybridized carbons (Fsp3) is 0.538. The van der Waals surface area contributed by atoms with Gasteiger partial charge in [-0.05, 0) is 13.8 Å². The highest BCUT2D eigenvalue weighted by Gasteiger charge is 2.57. The summed E-state index contributed by atoms with van der Waals surface area (Å²) in [5.41, 5.74) is 0.589. The minimum Gasteiger partial charge on any atom is -0.465 e. The van der Waals surface area contributed by atoms with Gasteiger partial charge in [0.1, 0.15) is 22.9 Å². The van der Waals surface area contributed by atoms with Crippen LogP contribution in [0.5, 0.6) is 0 Å². The fourth-order valence-corrected chi connectivity index (χ4v) is 4.01. The first-order valence-corrected chi connectivity index (χ1v) is 7.66. The van der Waals surface area contributed by atoms with Gasteiger partial charge in [-0.15, -0.1) is 11.8 Å². The fourth-order valence-electron chi connectivity index (χ4n) is 2.63. The normalized spacial score (nSPS) is 28.1. The van der Waals surface area contributed by atoms with E-state index < -0.39 is 23.8 Å². The molecule has 1 aromatic rings. The molecule has 3 atom stereocenters. The van der Waals surface area contributed by atoms with E-state index in [1.165, 1.54) is 16.7 Å². The van der Waals surface area contributed by atoms with E-state index in [2.05, 4.69) is 5.16 Å². The molecule has 0 aliphatic carbocycles. The summed E-state index contributed by atoms with van der Waals surface area (Å²) in [6, 6.07) is 1.15. The van der Waals surface area contributed by atoms with Gasteiger partial charge in [0.2, 0.25) is 5.91 Å². The summed E-state index contributed by atoms with van der Waals surface area (Å²) >= 11 is 1.45. The second-order valence-corrected chi connectivity index (χ2v) is 6.01. The van der Waals surface area contributed by atoms with Crippen LogP contribution in [0.1, 0.15) is 23.8 Å². The molecule has 0 N–H and O–H groups in total. The highest BCUT2D eigenvalue weighted by Crippen LogP contribution is 2.45. The molecule has 21 heavy (non-hydrogen) atoms. The van der Waals surface area contributed by atoms with Gasteiger partial charge in [0.05, 0.1) is 6.61 Å². The summed E-state index contributed by atoms with van der Waals surface area (Å²) in [6.07, 6.45) is 0. The molecule has 0 spiro atoms. The van der Waals surface area contributed by atoms with Crippen molar-refractivity contribution in [1.82, 2.24) is 10.1 Å². The third-order valence-electron chi connectivity index (χ3n) is 3.54. The smallest absolute Gasteiger partial charge is 0.326 e. The first kappa shape index (κ1) is 14.1. The lowest BCUT2D eigenvalue weighted by Crippen LogP contribution is -2.33. The molecule has 1 unspecified atom stereocenters. The number of hydrogen-bond acceptors (Lipinski definition) is 7. The van der Waals surface area contributed by atoms with Crippen molar-refractivity contribution in [2.75, 3.05) is 12.4 Å². The molecule has 2 aliphatic rings. The largest absolute Gasteiger partial charge is 0.465 e. The number of ether oxygens (including phenoxy) is 1. The number of amides is 1. The second-order valence-electron chi connectivity index (χ2n) is 4.90. The standard InChI is InChI=1S/C13H14N2O5S/c1-3-19-13(18)9-10(16)8-5-21-12(15(8)11(9)17)7-4-6(2)20-14-7/h4,8-9,12H,3,5H2,1-2H3/t8-,9?,12-/m1/s1. The molecular weight excluding hydrogens is 296 g/mol. The van der Waals surface area contributed by atoms with E-state index in [1.54, 1.807) is 19.9 Å². The lowest BCUT2D eigenvalue weighted by molar-refractivity contribution is -0.154. The Morgan fingerprint density at radius 3 is 2.95 bits per heavy atom. The maximum atomic E-state index is 12.4. The van der Waals surface area contributed by atoms with Crippen LogP contribution in [0.25, 0.3) is 0 Å². The van der Waals surface area contributed by atoms with Crippen LogP contribution in [0, 0.1) is 12.8 Å². The van der Waals surface area contributed by atoms with Crippen molar-refractivity contribution in [3.8, 4) is 0 Å². The third-order valence-corrected chi connectivity index (χ3v) is 4.83. The number of aryl methyl sites for hydroxylation is 1. The van der Waals surface area contributed by atoms with Crippen LogP contribution in [-0.2, 0) is 19.1 Å². The molecule has 3 heterocycles. The van der Waals surface area contributed by atoms with Crippen LogP contribution in [0.15, 0.2) is 10.6 Å². The van der Waals surface area contributed by atoms with Crippen molar-refractivity contribution in [2.24, 2.45) is 5.92 Å². The number of hydrogen-bond donors (Lipinski definition) is 0. The van der Waals surface area contributed by atoms with Crippen molar-refractivity contribution in [3.05, 3.63) is 17.5 Å². The molecule has 3 rings (SSSR count). The lowest BCUT2D eigenvalue weighted by Gasteiger charge is -2.20. The summed E-state index contributed by atoms with van der Waals surface area (Å²) in [5.74, 6) is -1.88. The van der Waals surface area contributed by atoms with E-state index in [9.17, 15) is 14.4 Å². The molecule has 0 saturated carbocycles. The first-order chi connectivity index (χ1) is 10.0. The predicted octanol–water partition coefficient (Wildman–Crippen LogP) is 0.688. The molecule has 2 fully saturated rings. The van der Waals surface area contributed by atoms with Crippen LogP contribution in [0.4, 0.5) is 0 Å². The summed E-state index contributed by atoms with van der Waals surface area (Å²) < 4.78 is 9.85. The third kappa shape index (κ3) is 2.14. The summed E-state index contributed by atoms with van der Waals surface area (Å²) in [6.45, 7) is 3.53. The quantitative estimate of drug-likeness (QED) is 0.599. The highest BCUT2D eigenvalue weighted by molar-refractivity contribution is 7.99. The Hall–Kier alpha value is -1.83. The molecule has 112 valence electrons. The molecule has 2 aliphatic heterocycles. The van der Waals surface area contributed by atoms with E-state index in [4.69, 9.17) is 9.26 Å². The number of thioether (sulfide) groups is 1. The molecular formula is C13H14N2O5S. The first-order valence-electron chi connectivity index (χ1n) is 6.62. The van der Waals surface area contributed by atoms with Crippen molar-refractivity contribution in [2.45, 2.75) is 25.3 Å².